The Morgan fingerprint density at radius 3 is 2.48 bits per heavy atom. The zero-order valence-electron chi connectivity index (χ0n) is 15.5. The minimum absolute atomic E-state index is 0.218. The Morgan fingerprint density at radius 1 is 1.30 bits per heavy atom. The summed E-state index contributed by atoms with van der Waals surface area (Å²) >= 11 is 6.11. The zero-order valence-corrected chi connectivity index (χ0v) is 17.2. The maximum absolute atomic E-state index is 6.38. The molecule has 0 amide bonds. The molecule has 0 aliphatic heterocycles. The number of fused-ring (bicyclic) bond motifs is 1. The first-order chi connectivity index (χ1) is 10.4. The third kappa shape index (κ3) is 3.62. The summed E-state index contributed by atoms with van der Waals surface area (Å²) in [6, 6.07) is 0. The van der Waals surface area contributed by atoms with Crippen LogP contribution in [-0.4, -0.2) is 29.5 Å². The monoisotopic (exact) mass is 353 g/mol. The minimum Gasteiger partial charge on any atom is -0.416 e. The average Bonchev–Trinajstić information content (AvgIpc) is 2.73. The Hall–Kier alpha value is -0.913. The molecule has 0 saturated heterocycles. The molecule has 2 aromatic rings. The summed E-state index contributed by atoms with van der Waals surface area (Å²) in [5, 5.41) is 0.686. The highest BCUT2D eigenvalue weighted by atomic mass is 35.5. The topological polar surface area (TPSA) is 39.9 Å². The molecule has 0 saturated carbocycles. The third-order valence-corrected chi connectivity index (χ3v) is 9.82. The molecular weight excluding hydrogens is 326 g/mol. The molecule has 2 heterocycles. The van der Waals surface area contributed by atoms with E-state index in [2.05, 4.69) is 57.0 Å². The largest absolute Gasteiger partial charge is 0.416 e. The highest BCUT2D eigenvalue weighted by Crippen LogP contribution is 2.37. The van der Waals surface area contributed by atoms with Crippen LogP contribution in [0.3, 0.4) is 0 Å². The average molecular weight is 354 g/mol. The van der Waals surface area contributed by atoms with Crippen molar-refractivity contribution in [3.05, 3.63) is 22.6 Å². The van der Waals surface area contributed by atoms with Gasteiger partial charge in [-0.3, -0.25) is 0 Å². The van der Waals surface area contributed by atoms with Crippen LogP contribution in [0.25, 0.3) is 11.2 Å². The molecule has 0 radical (unpaired) electrons. The van der Waals surface area contributed by atoms with Crippen molar-refractivity contribution in [1.29, 1.82) is 0 Å². The van der Waals surface area contributed by atoms with Gasteiger partial charge in [-0.25, -0.2) is 9.97 Å². The van der Waals surface area contributed by atoms with Crippen LogP contribution in [0.5, 0.6) is 0 Å². The predicted molar refractivity (Wildman–Crippen MR) is 99.8 cm³/mol. The molecule has 0 aromatic carbocycles. The van der Waals surface area contributed by atoms with Gasteiger partial charge < -0.3 is 8.99 Å². The highest BCUT2D eigenvalue weighted by molar-refractivity contribution is 6.74. The molecule has 2 aromatic heterocycles. The zero-order chi connectivity index (χ0) is 17.6. The molecule has 0 aliphatic carbocycles. The van der Waals surface area contributed by atoms with Gasteiger partial charge in [0.2, 0.25) is 0 Å². The first kappa shape index (κ1) is 18.4. The van der Waals surface area contributed by atoms with E-state index >= 15 is 0 Å². The lowest BCUT2D eigenvalue weighted by Crippen LogP contribution is -2.41. The van der Waals surface area contributed by atoms with Crippen LogP contribution in [0.1, 0.15) is 44.9 Å². The Bertz CT molecular complexity index is 719. The van der Waals surface area contributed by atoms with E-state index in [1.807, 2.05) is 18.5 Å². The summed E-state index contributed by atoms with van der Waals surface area (Å²) in [7, 11) is 0.235. The molecule has 0 aliphatic rings. The fraction of sp³-hybridized carbons (Fsp3) is 0.647. The molecule has 128 valence electrons. The van der Waals surface area contributed by atoms with Crippen LogP contribution in [0, 0.1) is 6.92 Å². The van der Waals surface area contributed by atoms with Crippen LogP contribution in [0.4, 0.5) is 0 Å². The molecule has 6 heteroatoms. The normalized spacial score (nSPS) is 14.5. The van der Waals surface area contributed by atoms with E-state index in [1.54, 1.807) is 0 Å². The maximum atomic E-state index is 6.38. The molecule has 0 spiro atoms. The van der Waals surface area contributed by atoms with E-state index < -0.39 is 8.32 Å². The van der Waals surface area contributed by atoms with Gasteiger partial charge in [-0.05, 0) is 25.1 Å². The highest BCUT2D eigenvalue weighted by Gasteiger charge is 2.37. The summed E-state index contributed by atoms with van der Waals surface area (Å²) in [4.78, 5) is 9.11. The summed E-state index contributed by atoms with van der Waals surface area (Å²) in [5.41, 5.74) is 3.70. The van der Waals surface area contributed by atoms with Gasteiger partial charge in [0.05, 0.1) is 5.69 Å². The summed E-state index contributed by atoms with van der Waals surface area (Å²) < 4.78 is 8.37. The first-order valence-corrected chi connectivity index (χ1v) is 11.4. The van der Waals surface area contributed by atoms with Crippen LogP contribution in [0.2, 0.25) is 23.3 Å². The third-order valence-electron chi connectivity index (χ3n) is 4.97. The minimum atomic E-state index is -1.75. The summed E-state index contributed by atoms with van der Waals surface area (Å²) in [5.74, 6) is 0.266. The number of aromatic nitrogens is 3. The molecule has 2 rings (SSSR count). The molecule has 4 nitrogen and oxygen atoms in total. The van der Waals surface area contributed by atoms with Gasteiger partial charge in [0.15, 0.2) is 19.1 Å². The lowest BCUT2D eigenvalue weighted by atomic mass is 10.1. The molecule has 23 heavy (non-hydrogen) atoms. The number of hydrogen-bond acceptors (Lipinski definition) is 3. The van der Waals surface area contributed by atoms with Gasteiger partial charge in [0.25, 0.3) is 0 Å². The molecule has 0 bridgehead atoms. The molecule has 0 fully saturated rings. The summed E-state index contributed by atoms with van der Waals surface area (Å²) in [6.45, 7) is 16.1. The second kappa shape index (κ2) is 6.19. The van der Waals surface area contributed by atoms with Gasteiger partial charge in [-0.1, -0.05) is 39.3 Å². The van der Waals surface area contributed by atoms with Crippen molar-refractivity contribution in [2.45, 2.75) is 58.7 Å². The van der Waals surface area contributed by atoms with Crippen LogP contribution in [0.15, 0.2) is 6.20 Å². The maximum Gasteiger partial charge on any atom is 0.192 e. The number of nitrogens with zero attached hydrogens (tertiary/aromatic N) is 3. The van der Waals surface area contributed by atoms with E-state index in [0.717, 1.165) is 16.9 Å². The van der Waals surface area contributed by atoms with Gasteiger partial charge in [-0.2, -0.15) is 0 Å². The Kier molecular flexibility index (Phi) is 4.96. The van der Waals surface area contributed by atoms with E-state index in [4.69, 9.17) is 16.0 Å². The SMILES string of the molecule is Cc1nc2c(C(C)CO[Si](C)(C)C(C)(C)C)cn(C)c2nc1Cl. The smallest absolute Gasteiger partial charge is 0.192 e. The van der Waals surface area contributed by atoms with Crippen LogP contribution < -0.4 is 0 Å². The Morgan fingerprint density at radius 2 is 1.91 bits per heavy atom. The number of hydrogen-bond donors (Lipinski definition) is 0. The van der Waals surface area contributed by atoms with E-state index in [-0.39, 0.29) is 11.0 Å². The number of aryl methyl sites for hydroxylation is 2. The Balaban J connectivity index is 2.29. The van der Waals surface area contributed by atoms with E-state index in [0.29, 0.717) is 11.8 Å². The van der Waals surface area contributed by atoms with Crippen molar-refractivity contribution in [3.63, 3.8) is 0 Å². The van der Waals surface area contributed by atoms with Crippen molar-refractivity contribution in [3.8, 4) is 0 Å². The predicted octanol–water partition coefficient (Wildman–Crippen LogP) is 5.06. The second-order valence-electron chi connectivity index (χ2n) is 7.94. The van der Waals surface area contributed by atoms with Gasteiger partial charge in [0, 0.05) is 31.3 Å². The standard InChI is InChI=1S/C17H28ClN3OSi/c1-11(10-22-23(7,8)17(3,4)5)13-9-21(6)16-14(13)19-12(2)15(18)20-16/h9,11H,10H2,1-8H3. The summed E-state index contributed by atoms with van der Waals surface area (Å²) in [6.07, 6.45) is 2.10. The fourth-order valence-electron chi connectivity index (χ4n) is 2.26. The fourth-order valence-corrected chi connectivity index (χ4v) is 3.48. The molecule has 1 unspecified atom stereocenters. The first-order valence-electron chi connectivity index (χ1n) is 8.07. The van der Waals surface area contributed by atoms with Gasteiger partial charge >= 0.3 is 0 Å². The van der Waals surface area contributed by atoms with Crippen molar-refractivity contribution < 1.29 is 4.43 Å². The van der Waals surface area contributed by atoms with E-state index in [9.17, 15) is 0 Å². The van der Waals surface area contributed by atoms with Crippen molar-refractivity contribution in [1.82, 2.24) is 14.5 Å². The van der Waals surface area contributed by atoms with Crippen molar-refractivity contribution >= 4 is 31.1 Å². The van der Waals surface area contributed by atoms with Crippen LogP contribution >= 0.6 is 11.6 Å². The number of rotatable bonds is 4. The van der Waals surface area contributed by atoms with Gasteiger partial charge in [-0.15, -0.1) is 0 Å². The molecule has 0 N–H and O–H groups in total. The lowest BCUT2D eigenvalue weighted by molar-refractivity contribution is 0.269. The molecular formula is C17H28ClN3OSi. The van der Waals surface area contributed by atoms with Crippen LogP contribution in [-0.2, 0) is 11.5 Å². The second-order valence-corrected chi connectivity index (χ2v) is 13.1. The van der Waals surface area contributed by atoms with Crippen molar-refractivity contribution in [2.75, 3.05) is 6.61 Å². The Labute approximate surface area is 145 Å². The molecule has 1 atom stereocenters. The quantitative estimate of drug-likeness (QED) is 0.721. The van der Waals surface area contributed by atoms with Crippen molar-refractivity contribution in [2.24, 2.45) is 7.05 Å². The van der Waals surface area contributed by atoms with E-state index in [1.165, 1.54) is 5.56 Å². The lowest BCUT2D eigenvalue weighted by Gasteiger charge is -2.37. The van der Waals surface area contributed by atoms with Gasteiger partial charge in [0.1, 0.15) is 5.52 Å². The number of halogens is 1.